The van der Waals surface area contributed by atoms with Crippen molar-refractivity contribution in [3.63, 3.8) is 0 Å². The maximum Gasteiger partial charge on any atom is 0.0669 e. The van der Waals surface area contributed by atoms with Gasteiger partial charge in [-0.15, -0.1) is 11.6 Å². The number of aromatic nitrogens is 1. The molecule has 0 aliphatic heterocycles. The fraction of sp³-hybridized carbons (Fsp3) is 0.267. The third-order valence-corrected chi connectivity index (χ3v) is 4.24. The van der Waals surface area contributed by atoms with Crippen LogP contribution in [0.2, 0.25) is 0 Å². The van der Waals surface area contributed by atoms with Crippen LogP contribution < -0.4 is 0 Å². The van der Waals surface area contributed by atoms with E-state index < -0.39 is 0 Å². The highest BCUT2D eigenvalue weighted by atomic mass is 79.9. The van der Waals surface area contributed by atoms with Crippen LogP contribution in [0.15, 0.2) is 47.1 Å². The maximum atomic E-state index is 6.61. The Labute approximate surface area is 121 Å². The van der Waals surface area contributed by atoms with E-state index >= 15 is 0 Å². The molecule has 0 aliphatic carbocycles. The zero-order chi connectivity index (χ0) is 13.1. The largest absolute Gasteiger partial charge is 0.261 e. The summed E-state index contributed by atoms with van der Waals surface area (Å²) in [5.74, 6) is 0.181. The van der Waals surface area contributed by atoms with Crippen LogP contribution >= 0.6 is 27.5 Å². The summed E-state index contributed by atoms with van der Waals surface area (Å²) in [4.78, 5) is 4.38. The smallest absolute Gasteiger partial charge is 0.0669 e. The van der Waals surface area contributed by atoms with Gasteiger partial charge in [0, 0.05) is 22.3 Å². The molecule has 3 heteroatoms. The van der Waals surface area contributed by atoms with Gasteiger partial charge in [-0.1, -0.05) is 35.0 Å². The van der Waals surface area contributed by atoms with Crippen molar-refractivity contribution in [2.45, 2.75) is 25.1 Å². The summed E-state index contributed by atoms with van der Waals surface area (Å²) in [5.41, 5.74) is 3.39. The molecule has 1 aromatic carbocycles. The molecule has 2 rings (SSSR count). The first kappa shape index (κ1) is 13.6. The Kier molecular flexibility index (Phi) is 4.41. The van der Waals surface area contributed by atoms with Crippen molar-refractivity contribution in [3.8, 4) is 0 Å². The van der Waals surface area contributed by atoms with E-state index in [1.165, 1.54) is 5.56 Å². The molecule has 2 aromatic rings. The molecular formula is C15H15BrClN. The van der Waals surface area contributed by atoms with Crippen LogP contribution in [0.25, 0.3) is 0 Å². The molecule has 1 nitrogen and oxygen atoms in total. The maximum absolute atomic E-state index is 6.61. The highest BCUT2D eigenvalue weighted by Crippen LogP contribution is 2.37. The van der Waals surface area contributed by atoms with Gasteiger partial charge < -0.3 is 0 Å². The van der Waals surface area contributed by atoms with E-state index in [2.05, 4.69) is 46.9 Å². The third-order valence-electron chi connectivity index (χ3n) is 3.13. The first-order valence-electron chi connectivity index (χ1n) is 5.90. The number of hydrogen-bond donors (Lipinski definition) is 0. The Bertz CT molecular complexity index is 527. The fourth-order valence-corrected chi connectivity index (χ4v) is 2.72. The lowest BCUT2D eigenvalue weighted by Crippen LogP contribution is -2.06. The van der Waals surface area contributed by atoms with E-state index in [-0.39, 0.29) is 11.3 Å². The van der Waals surface area contributed by atoms with Crippen LogP contribution in [-0.2, 0) is 0 Å². The van der Waals surface area contributed by atoms with Crippen molar-refractivity contribution in [1.82, 2.24) is 4.98 Å². The van der Waals surface area contributed by atoms with E-state index in [0.29, 0.717) is 0 Å². The number of hydrogen-bond acceptors (Lipinski definition) is 1. The molecule has 0 radical (unpaired) electrons. The predicted octanol–water partition coefficient (Wildman–Crippen LogP) is 5.24. The van der Waals surface area contributed by atoms with Gasteiger partial charge in [-0.05, 0) is 42.3 Å². The van der Waals surface area contributed by atoms with Crippen molar-refractivity contribution < 1.29 is 0 Å². The minimum Gasteiger partial charge on any atom is -0.261 e. The van der Waals surface area contributed by atoms with Gasteiger partial charge in [-0.2, -0.15) is 0 Å². The second kappa shape index (κ2) is 5.85. The minimum atomic E-state index is -0.0719. The van der Waals surface area contributed by atoms with Crippen LogP contribution in [0.5, 0.6) is 0 Å². The molecule has 0 saturated heterocycles. The molecule has 2 atom stereocenters. The summed E-state index contributed by atoms with van der Waals surface area (Å²) in [6.07, 6.45) is 1.81. The topological polar surface area (TPSA) is 12.9 Å². The normalized spacial score (nSPS) is 14.2. The summed E-state index contributed by atoms with van der Waals surface area (Å²) in [5, 5.41) is -0.0719. The zero-order valence-corrected chi connectivity index (χ0v) is 12.7. The second-order valence-electron chi connectivity index (χ2n) is 4.45. The summed E-state index contributed by atoms with van der Waals surface area (Å²) in [6.45, 7) is 4.20. The van der Waals surface area contributed by atoms with Crippen LogP contribution in [0.1, 0.15) is 35.0 Å². The van der Waals surface area contributed by atoms with Crippen LogP contribution in [0.3, 0.4) is 0 Å². The molecule has 1 aromatic heterocycles. The van der Waals surface area contributed by atoms with Gasteiger partial charge in [0.1, 0.15) is 0 Å². The molecule has 1 heterocycles. The number of aryl methyl sites for hydroxylation is 1. The highest BCUT2D eigenvalue weighted by Gasteiger charge is 2.21. The molecule has 0 bridgehead atoms. The van der Waals surface area contributed by atoms with Gasteiger partial charge in [-0.3, -0.25) is 4.98 Å². The van der Waals surface area contributed by atoms with Gasteiger partial charge in [-0.25, -0.2) is 0 Å². The summed E-state index contributed by atoms with van der Waals surface area (Å²) in [7, 11) is 0. The lowest BCUT2D eigenvalue weighted by molar-refractivity contribution is 0.703. The quantitative estimate of drug-likeness (QED) is 0.704. The molecule has 0 amide bonds. The summed E-state index contributed by atoms with van der Waals surface area (Å²) >= 11 is 10.1. The van der Waals surface area contributed by atoms with Gasteiger partial charge in [0.15, 0.2) is 0 Å². The van der Waals surface area contributed by atoms with Crippen molar-refractivity contribution in [1.29, 1.82) is 0 Å². The van der Waals surface area contributed by atoms with Crippen molar-refractivity contribution in [3.05, 3.63) is 63.9 Å². The number of alkyl halides is 1. The van der Waals surface area contributed by atoms with Gasteiger partial charge in [0.2, 0.25) is 0 Å². The molecule has 0 fully saturated rings. The SMILES string of the molecule is Cc1ccc(Br)cc1C(Cl)C(C)c1ccccn1. The van der Waals surface area contributed by atoms with Gasteiger partial charge >= 0.3 is 0 Å². The first-order valence-corrected chi connectivity index (χ1v) is 7.13. The molecule has 0 spiro atoms. The molecular weight excluding hydrogens is 310 g/mol. The van der Waals surface area contributed by atoms with Crippen LogP contribution in [0, 0.1) is 6.92 Å². The standard InChI is InChI=1S/C15H15BrClN/c1-10-6-7-12(16)9-13(10)15(17)11(2)14-5-3-4-8-18-14/h3-9,11,15H,1-2H3. The monoisotopic (exact) mass is 323 g/mol. The number of pyridine rings is 1. The molecule has 0 aliphatic rings. The molecule has 0 N–H and O–H groups in total. The van der Waals surface area contributed by atoms with E-state index in [9.17, 15) is 0 Å². The molecule has 18 heavy (non-hydrogen) atoms. The Morgan fingerprint density at radius 2 is 2.00 bits per heavy atom. The third kappa shape index (κ3) is 2.93. The predicted molar refractivity (Wildman–Crippen MR) is 80.1 cm³/mol. The minimum absolute atomic E-state index is 0.0719. The number of rotatable bonds is 3. The lowest BCUT2D eigenvalue weighted by Gasteiger charge is -2.20. The Balaban J connectivity index is 2.31. The summed E-state index contributed by atoms with van der Waals surface area (Å²) in [6, 6.07) is 12.1. The second-order valence-corrected chi connectivity index (χ2v) is 5.83. The average Bonchev–Trinajstić information content (AvgIpc) is 2.41. The van der Waals surface area contributed by atoms with Crippen LogP contribution in [-0.4, -0.2) is 4.98 Å². The number of nitrogens with zero attached hydrogens (tertiary/aromatic N) is 1. The Morgan fingerprint density at radius 1 is 1.22 bits per heavy atom. The van der Waals surface area contributed by atoms with E-state index in [1.54, 1.807) is 0 Å². The lowest BCUT2D eigenvalue weighted by atomic mass is 9.94. The summed E-state index contributed by atoms with van der Waals surface area (Å²) < 4.78 is 1.06. The Morgan fingerprint density at radius 3 is 2.67 bits per heavy atom. The van der Waals surface area contributed by atoms with Gasteiger partial charge in [0.05, 0.1) is 5.38 Å². The van der Waals surface area contributed by atoms with E-state index in [1.807, 2.05) is 30.5 Å². The van der Waals surface area contributed by atoms with Crippen molar-refractivity contribution >= 4 is 27.5 Å². The number of benzene rings is 1. The van der Waals surface area contributed by atoms with E-state index in [0.717, 1.165) is 15.7 Å². The highest BCUT2D eigenvalue weighted by molar-refractivity contribution is 9.10. The first-order chi connectivity index (χ1) is 8.59. The van der Waals surface area contributed by atoms with Gasteiger partial charge in [0.25, 0.3) is 0 Å². The molecule has 0 saturated carbocycles. The Hall–Kier alpha value is -0.860. The van der Waals surface area contributed by atoms with Crippen molar-refractivity contribution in [2.75, 3.05) is 0 Å². The average molecular weight is 325 g/mol. The fourth-order valence-electron chi connectivity index (χ4n) is 1.97. The molecule has 2 unspecified atom stereocenters. The molecule has 94 valence electrons. The zero-order valence-electron chi connectivity index (χ0n) is 10.4. The van der Waals surface area contributed by atoms with E-state index in [4.69, 9.17) is 11.6 Å². The van der Waals surface area contributed by atoms with Crippen LogP contribution in [0.4, 0.5) is 0 Å². The van der Waals surface area contributed by atoms with Crippen molar-refractivity contribution in [2.24, 2.45) is 0 Å². The number of halogens is 2.